The van der Waals surface area contributed by atoms with Crippen LogP contribution in [0, 0.1) is 15.5 Å². The summed E-state index contributed by atoms with van der Waals surface area (Å²) in [6.45, 7) is 2.55. The molecular formula is C11H15ClN4O2. The zero-order valence-electron chi connectivity index (χ0n) is 10.1. The Balaban J connectivity index is 2.70. The van der Waals surface area contributed by atoms with Crippen molar-refractivity contribution in [2.24, 2.45) is 0 Å². The number of rotatable bonds is 6. The number of nitrogens with one attached hydrogen (secondary N) is 1. The van der Waals surface area contributed by atoms with Gasteiger partial charge in [-0.15, -0.1) is 0 Å². The van der Waals surface area contributed by atoms with Crippen LogP contribution < -0.4 is 0 Å². The molecule has 1 N–H and O–H groups in total. The average Bonchev–Trinajstić information content (AvgIpc) is 2.30. The molecule has 7 heteroatoms. The van der Waals surface area contributed by atoms with Gasteiger partial charge in [0.2, 0.25) is 0 Å². The van der Waals surface area contributed by atoms with Crippen LogP contribution in [0.1, 0.15) is 18.9 Å². The largest absolute Gasteiger partial charge is 0.351 e. The van der Waals surface area contributed by atoms with Gasteiger partial charge in [0.15, 0.2) is 5.84 Å². The second-order valence-electron chi connectivity index (χ2n) is 3.85. The quantitative estimate of drug-likeness (QED) is 0.282. The molecule has 18 heavy (non-hydrogen) atoms. The molecule has 0 spiro atoms. The van der Waals surface area contributed by atoms with E-state index in [0.717, 1.165) is 12.0 Å². The minimum atomic E-state index is -0.495. The first-order chi connectivity index (χ1) is 8.52. The van der Waals surface area contributed by atoms with Crippen molar-refractivity contribution in [2.75, 3.05) is 13.1 Å². The summed E-state index contributed by atoms with van der Waals surface area (Å²) in [5, 5.41) is 18.5. The number of hydrogen-bond donors (Lipinski definition) is 1. The van der Waals surface area contributed by atoms with Crippen LogP contribution >= 0.6 is 11.6 Å². The second kappa shape index (κ2) is 6.90. The zero-order valence-corrected chi connectivity index (χ0v) is 10.9. The van der Waals surface area contributed by atoms with Crippen molar-refractivity contribution >= 4 is 17.4 Å². The predicted octanol–water partition coefficient (Wildman–Crippen LogP) is 2.20. The molecule has 0 unspecified atom stereocenters. The fraction of sp³-hybridized carbons (Fsp3) is 0.455. The van der Waals surface area contributed by atoms with Crippen LogP contribution in [0.4, 0.5) is 0 Å². The monoisotopic (exact) mass is 270 g/mol. The molecule has 0 aliphatic rings. The van der Waals surface area contributed by atoms with Gasteiger partial charge in [0.05, 0.1) is 0 Å². The molecule has 1 aromatic heterocycles. The normalized spacial score (nSPS) is 10.1. The molecule has 0 amide bonds. The van der Waals surface area contributed by atoms with Crippen molar-refractivity contribution in [3.05, 3.63) is 39.2 Å². The number of aromatic nitrogens is 1. The van der Waals surface area contributed by atoms with Crippen LogP contribution in [-0.2, 0) is 6.54 Å². The van der Waals surface area contributed by atoms with Crippen LogP contribution in [0.25, 0.3) is 0 Å². The first-order valence-electron chi connectivity index (χ1n) is 5.57. The smallest absolute Gasteiger partial charge is 0.259 e. The Kier molecular flexibility index (Phi) is 5.51. The molecule has 0 radical (unpaired) electrons. The maximum absolute atomic E-state index is 10.4. The average molecular weight is 271 g/mol. The van der Waals surface area contributed by atoms with Gasteiger partial charge < -0.3 is 4.90 Å². The van der Waals surface area contributed by atoms with Crippen molar-refractivity contribution in [1.82, 2.24) is 9.88 Å². The third-order valence-electron chi connectivity index (χ3n) is 2.32. The summed E-state index contributed by atoms with van der Waals surface area (Å²) in [6.07, 6.45) is 2.44. The van der Waals surface area contributed by atoms with Crippen molar-refractivity contribution in [1.29, 1.82) is 5.41 Å². The predicted molar refractivity (Wildman–Crippen MR) is 69.5 cm³/mol. The van der Waals surface area contributed by atoms with Crippen LogP contribution in [-0.4, -0.2) is 33.7 Å². The van der Waals surface area contributed by atoms with Crippen LogP contribution in [0.3, 0.4) is 0 Å². The molecule has 0 bridgehead atoms. The first kappa shape index (κ1) is 14.4. The second-order valence-corrected chi connectivity index (χ2v) is 4.24. The SMILES string of the molecule is CCCN(Cc1ccc(Cl)nc1)C(=N)C[N+](=O)[O-]. The van der Waals surface area contributed by atoms with Crippen LogP contribution in [0.2, 0.25) is 5.15 Å². The van der Waals surface area contributed by atoms with Crippen LogP contribution in [0.15, 0.2) is 18.3 Å². The summed E-state index contributed by atoms with van der Waals surface area (Å²) in [7, 11) is 0. The molecule has 0 atom stereocenters. The van der Waals surface area contributed by atoms with Gasteiger partial charge in [-0.3, -0.25) is 15.5 Å². The Morgan fingerprint density at radius 1 is 1.61 bits per heavy atom. The van der Waals surface area contributed by atoms with Gasteiger partial charge in [-0.05, 0) is 18.1 Å². The lowest BCUT2D eigenvalue weighted by Crippen LogP contribution is -2.35. The molecule has 6 nitrogen and oxygen atoms in total. The van der Waals surface area contributed by atoms with Gasteiger partial charge >= 0.3 is 0 Å². The molecule has 0 aliphatic heterocycles. The van der Waals surface area contributed by atoms with E-state index in [2.05, 4.69) is 4.98 Å². The summed E-state index contributed by atoms with van der Waals surface area (Å²) in [5.41, 5.74) is 0.876. The minimum Gasteiger partial charge on any atom is -0.351 e. The highest BCUT2D eigenvalue weighted by Crippen LogP contribution is 2.09. The number of halogens is 1. The molecule has 0 saturated carbocycles. The molecule has 1 rings (SSSR count). The number of hydrogen-bond acceptors (Lipinski definition) is 4. The van der Waals surface area contributed by atoms with E-state index in [9.17, 15) is 10.1 Å². The molecule has 98 valence electrons. The van der Waals surface area contributed by atoms with Crippen LogP contribution in [0.5, 0.6) is 0 Å². The lowest BCUT2D eigenvalue weighted by molar-refractivity contribution is -0.464. The van der Waals surface area contributed by atoms with Gasteiger partial charge in [0.25, 0.3) is 6.54 Å². The summed E-state index contributed by atoms with van der Waals surface area (Å²) in [5.74, 6) is 0.0109. The highest BCUT2D eigenvalue weighted by molar-refractivity contribution is 6.29. The van der Waals surface area contributed by atoms with Gasteiger partial charge in [0, 0.05) is 24.2 Å². The Morgan fingerprint density at radius 3 is 2.83 bits per heavy atom. The topological polar surface area (TPSA) is 83.1 Å². The summed E-state index contributed by atoms with van der Waals surface area (Å²) in [4.78, 5) is 15.6. The lowest BCUT2D eigenvalue weighted by Gasteiger charge is -2.22. The van der Waals surface area contributed by atoms with Crippen molar-refractivity contribution < 1.29 is 4.92 Å². The highest BCUT2D eigenvalue weighted by atomic mass is 35.5. The van der Waals surface area contributed by atoms with Crippen molar-refractivity contribution in [3.8, 4) is 0 Å². The van der Waals surface area contributed by atoms with E-state index in [0.29, 0.717) is 18.2 Å². The number of nitrogens with zero attached hydrogens (tertiary/aromatic N) is 3. The fourth-order valence-corrected chi connectivity index (χ4v) is 1.63. The number of pyridine rings is 1. The molecule has 0 aromatic carbocycles. The standard InChI is InChI=1S/C11H15ClN4O2/c1-2-5-15(11(13)8-16(17)18)7-9-3-4-10(12)14-6-9/h3-4,6,13H,2,5,7-8H2,1H3. The number of nitro groups is 1. The Morgan fingerprint density at radius 2 is 2.33 bits per heavy atom. The van der Waals surface area contributed by atoms with Crippen molar-refractivity contribution in [2.45, 2.75) is 19.9 Å². The number of amidine groups is 1. The van der Waals surface area contributed by atoms with E-state index in [4.69, 9.17) is 17.0 Å². The summed E-state index contributed by atoms with van der Waals surface area (Å²) in [6, 6.07) is 3.47. The highest BCUT2D eigenvalue weighted by Gasteiger charge is 2.14. The van der Waals surface area contributed by atoms with Gasteiger partial charge in [0.1, 0.15) is 5.15 Å². The minimum absolute atomic E-state index is 0.0109. The van der Waals surface area contributed by atoms with Gasteiger partial charge in [-0.25, -0.2) is 4.98 Å². The fourth-order valence-electron chi connectivity index (χ4n) is 1.52. The lowest BCUT2D eigenvalue weighted by atomic mass is 10.2. The van der Waals surface area contributed by atoms with E-state index >= 15 is 0 Å². The third kappa shape index (κ3) is 4.67. The summed E-state index contributed by atoms with van der Waals surface area (Å²) >= 11 is 5.68. The van der Waals surface area contributed by atoms with E-state index in [1.165, 1.54) is 0 Å². The maximum Gasteiger partial charge on any atom is 0.259 e. The molecule has 0 aliphatic carbocycles. The van der Waals surface area contributed by atoms with E-state index < -0.39 is 11.5 Å². The van der Waals surface area contributed by atoms with E-state index in [-0.39, 0.29) is 5.84 Å². The van der Waals surface area contributed by atoms with Gasteiger partial charge in [-0.2, -0.15) is 0 Å². The molecular weight excluding hydrogens is 256 g/mol. The van der Waals surface area contributed by atoms with E-state index in [1.54, 1.807) is 23.2 Å². The third-order valence-corrected chi connectivity index (χ3v) is 2.54. The molecule has 1 heterocycles. The Labute approximate surface area is 110 Å². The van der Waals surface area contributed by atoms with Crippen molar-refractivity contribution in [3.63, 3.8) is 0 Å². The Bertz CT molecular complexity index is 422. The van der Waals surface area contributed by atoms with Gasteiger partial charge in [-0.1, -0.05) is 24.6 Å². The van der Waals surface area contributed by atoms with E-state index in [1.807, 2.05) is 6.92 Å². The summed E-state index contributed by atoms with van der Waals surface area (Å²) < 4.78 is 0. The maximum atomic E-state index is 10.4. The zero-order chi connectivity index (χ0) is 13.5. The molecule has 0 saturated heterocycles. The molecule has 1 aromatic rings. The Hall–Kier alpha value is -1.69. The molecule has 0 fully saturated rings. The first-order valence-corrected chi connectivity index (χ1v) is 5.95.